The highest BCUT2D eigenvalue weighted by atomic mass is 19.1. The molecule has 4 heterocycles. The van der Waals surface area contributed by atoms with Crippen LogP contribution in [0.5, 0.6) is 0 Å². The molecule has 206 valence electrons. The van der Waals surface area contributed by atoms with Gasteiger partial charge in [-0.3, -0.25) is 9.80 Å². The summed E-state index contributed by atoms with van der Waals surface area (Å²) in [6, 6.07) is 11.4. The van der Waals surface area contributed by atoms with Gasteiger partial charge >= 0.3 is 12.2 Å². The van der Waals surface area contributed by atoms with Crippen molar-refractivity contribution in [2.24, 2.45) is 0 Å². The van der Waals surface area contributed by atoms with E-state index in [-0.39, 0.29) is 48.7 Å². The fraction of sp³-hybridized carbons (Fsp3) is 0.231. The molecule has 0 spiro atoms. The van der Waals surface area contributed by atoms with Gasteiger partial charge in [0.2, 0.25) is 0 Å². The summed E-state index contributed by atoms with van der Waals surface area (Å²) in [4.78, 5) is 27.4. The van der Waals surface area contributed by atoms with Crippen LogP contribution in [0.4, 0.5) is 41.4 Å². The second-order valence-corrected chi connectivity index (χ2v) is 9.09. The SMILES string of the molecule is O=C1OC(CNc2ccon2)CN1c1ccc(-c2ccc(N3CC(CNc4ccon4)OC3=O)cc2F)c(F)c1. The maximum Gasteiger partial charge on any atom is 0.414 e. The largest absolute Gasteiger partial charge is 0.442 e. The molecule has 0 bridgehead atoms. The lowest BCUT2D eigenvalue weighted by atomic mass is 10.0. The van der Waals surface area contributed by atoms with Gasteiger partial charge in [0, 0.05) is 23.3 Å². The van der Waals surface area contributed by atoms with Gasteiger partial charge in [-0.25, -0.2) is 18.4 Å². The van der Waals surface area contributed by atoms with Crippen molar-refractivity contribution in [2.45, 2.75) is 12.2 Å². The molecule has 0 saturated carbocycles. The standard InChI is InChI=1S/C26H22F2N6O6/c27-21-9-15(33-13-17(39-25(33)35)11-29-23-5-7-37-31-23)1-3-19(21)20-4-2-16(10-22(20)28)34-14-18(40-26(34)36)12-30-24-6-8-38-32-24/h1-10,17-18H,11-14H2,(H,29,31)(H,30,32). The molecule has 0 aliphatic carbocycles. The minimum atomic E-state index is -0.722. The zero-order chi connectivity index (χ0) is 27.6. The van der Waals surface area contributed by atoms with Crippen molar-refractivity contribution in [3.05, 3.63) is 72.7 Å². The third-order valence-corrected chi connectivity index (χ3v) is 6.46. The number of hydrogen-bond acceptors (Lipinski definition) is 10. The second-order valence-electron chi connectivity index (χ2n) is 9.09. The Balaban J connectivity index is 1.11. The van der Waals surface area contributed by atoms with Crippen LogP contribution in [-0.2, 0) is 9.47 Å². The van der Waals surface area contributed by atoms with E-state index in [9.17, 15) is 9.59 Å². The average Bonchev–Trinajstić information content (AvgIpc) is 3.75. The van der Waals surface area contributed by atoms with Gasteiger partial charge in [0.15, 0.2) is 11.6 Å². The number of carbonyl (C=O) groups is 2. The smallest absolute Gasteiger partial charge is 0.414 e. The van der Waals surface area contributed by atoms with Gasteiger partial charge in [0.25, 0.3) is 0 Å². The average molecular weight is 552 g/mol. The van der Waals surface area contributed by atoms with Crippen molar-refractivity contribution in [1.29, 1.82) is 0 Å². The van der Waals surface area contributed by atoms with Crippen molar-refractivity contribution < 1.29 is 36.9 Å². The van der Waals surface area contributed by atoms with Crippen LogP contribution < -0.4 is 20.4 Å². The Labute approximate surface area is 225 Å². The van der Waals surface area contributed by atoms with E-state index in [1.165, 1.54) is 46.6 Å². The second kappa shape index (κ2) is 10.6. The maximum absolute atomic E-state index is 15.2. The van der Waals surface area contributed by atoms with Crippen LogP contribution in [0.2, 0.25) is 0 Å². The molecule has 6 rings (SSSR count). The number of hydrogen-bond donors (Lipinski definition) is 2. The van der Waals surface area contributed by atoms with Gasteiger partial charge < -0.3 is 29.2 Å². The summed E-state index contributed by atoms with van der Waals surface area (Å²) < 4.78 is 50.5. The monoisotopic (exact) mass is 552 g/mol. The number of carbonyl (C=O) groups excluding carboxylic acids is 2. The van der Waals surface area contributed by atoms with Crippen LogP contribution in [0.15, 0.2) is 70.1 Å². The summed E-state index contributed by atoms with van der Waals surface area (Å²) in [5.41, 5.74) is 0.557. The molecule has 2 aliphatic heterocycles. The summed E-state index contributed by atoms with van der Waals surface area (Å²) in [6.07, 6.45) is 0.586. The predicted molar refractivity (Wildman–Crippen MR) is 137 cm³/mol. The number of amides is 2. The zero-order valence-corrected chi connectivity index (χ0v) is 20.8. The molecule has 2 aromatic heterocycles. The molecule has 2 amide bonds. The van der Waals surface area contributed by atoms with Crippen molar-refractivity contribution in [3.8, 4) is 11.1 Å². The highest BCUT2D eigenvalue weighted by molar-refractivity contribution is 5.91. The summed E-state index contributed by atoms with van der Waals surface area (Å²) >= 11 is 0. The number of nitrogens with zero attached hydrogens (tertiary/aromatic N) is 4. The number of benzene rings is 2. The van der Waals surface area contributed by atoms with Gasteiger partial charge in [-0.1, -0.05) is 10.3 Å². The van der Waals surface area contributed by atoms with Crippen molar-refractivity contribution >= 4 is 35.2 Å². The lowest BCUT2D eigenvalue weighted by Gasteiger charge is -2.16. The van der Waals surface area contributed by atoms with E-state index in [2.05, 4.69) is 20.9 Å². The molecule has 2 aliphatic rings. The fourth-order valence-corrected chi connectivity index (χ4v) is 4.50. The van der Waals surface area contributed by atoms with Crippen LogP contribution >= 0.6 is 0 Å². The van der Waals surface area contributed by atoms with Crippen LogP contribution in [0.3, 0.4) is 0 Å². The molecular formula is C26H22F2N6O6. The number of halogens is 2. The van der Waals surface area contributed by atoms with Crippen molar-refractivity contribution in [2.75, 3.05) is 46.6 Å². The normalized spacial score (nSPS) is 18.6. The fourth-order valence-electron chi connectivity index (χ4n) is 4.50. The molecule has 2 N–H and O–H groups in total. The quantitative estimate of drug-likeness (QED) is 0.306. The maximum atomic E-state index is 15.2. The lowest BCUT2D eigenvalue weighted by molar-refractivity contribution is 0.146. The summed E-state index contributed by atoms with van der Waals surface area (Å²) in [5, 5.41) is 13.4. The first kappa shape index (κ1) is 25.2. The first-order chi connectivity index (χ1) is 19.4. The van der Waals surface area contributed by atoms with Crippen LogP contribution in [0.1, 0.15) is 0 Å². The van der Waals surface area contributed by atoms with E-state index < -0.39 is 36.0 Å². The molecule has 2 unspecified atom stereocenters. The van der Waals surface area contributed by atoms with Crippen LogP contribution in [-0.4, -0.2) is 60.9 Å². The summed E-state index contributed by atoms with van der Waals surface area (Å²) in [6.45, 7) is 0.950. The molecule has 2 aromatic carbocycles. The Bertz CT molecular complexity index is 1400. The van der Waals surface area contributed by atoms with Crippen molar-refractivity contribution in [1.82, 2.24) is 10.3 Å². The molecule has 40 heavy (non-hydrogen) atoms. The highest BCUT2D eigenvalue weighted by Crippen LogP contribution is 2.33. The molecule has 0 radical (unpaired) electrons. The van der Waals surface area contributed by atoms with E-state index in [4.69, 9.17) is 18.5 Å². The zero-order valence-electron chi connectivity index (χ0n) is 20.8. The number of rotatable bonds is 9. The molecule has 12 nitrogen and oxygen atoms in total. The van der Waals surface area contributed by atoms with Crippen LogP contribution in [0, 0.1) is 11.6 Å². The number of anilines is 4. The van der Waals surface area contributed by atoms with E-state index in [1.807, 2.05) is 0 Å². The Kier molecular flexibility index (Phi) is 6.64. The van der Waals surface area contributed by atoms with E-state index in [1.54, 1.807) is 12.1 Å². The van der Waals surface area contributed by atoms with Crippen LogP contribution in [0.25, 0.3) is 11.1 Å². The van der Waals surface area contributed by atoms with E-state index in [0.29, 0.717) is 11.6 Å². The highest BCUT2D eigenvalue weighted by Gasteiger charge is 2.34. The van der Waals surface area contributed by atoms with Gasteiger partial charge in [-0.15, -0.1) is 0 Å². The molecule has 14 heteroatoms. The Morgan fingerprint density at radius 1 is 0.725 bits per heavy atom. The summed E-state index contributed by atoms with van der Waals surface area (Å²) in [7, 11) is 0. The molecule has 4 aromatic rings. The summed E-state index contributed by atoms with van der Waals surface area (Å²) in [5.74, 6) is -0.444. The van der Waals surface area contributed by atoms with Gasteiger partial charge in [0.05, 0.1) is 37.6 Å². The topological polar surface area (TPSA) is 135 Å². The van der Waals surface area contributed by atoms with Gasteiger partial charge in [0.1, 0.15) is 36.4 Å². The number of cyclic esters (lactones) is 2. The molecular weight excluding hydrogens is 530 g/mol. The number of nitrogens with one attached hydrogen (secondary N) is 2. The minimum absolute atomic E-state index is 0.00306. The van der Waals surface area contributed by atoms with E-state index in [0.717, 1.165) is 12.1 Å². The van der Waals surface area contributed by atoms with E-state index >= 15 is 8.78 Å². The van der Waals surface area contributed by atoms with Crippen molar-refractivity contribution in [3.63, 3.8) is 0 Å². The Morgan fingerprint density at radius 3 is 1.55 bits per heavy atom. The molecule has 2 fully saturated rings. The first-order valence-electron chi connectivity index (χ1n) is 12.3. The predicted octanol–water partition coefficient (Wildman–Crippen LogP) is 4.48. The molecule has 2 saturated heterocycles. The minimum Gasteiger partial charge on any atom is -0.442 e. The van der Waals surface area contributed by atoms with Gasteiger partial charge in [-0.2, -0.15) is 0 Å². The number of ether oxygens (including phenoxy) is 2. The Hall–Kier alpha value is -5.14. The number of aromatic nitrogens is 2. The third-order valence-electron chi connectivity index (χ3n) is 6.46. The first-order valence-corrected chi connectivity index (χ1v) is 12.3. The third kappa shape index (κ3) is 5.10. The van der Waals surface area contributed by atoms with Gasteiger partial charge in [-0.05, 0) is 36.4 Å². The Morgan fingerprint density at radius 2 is 1.18 bits per heavy atom. The lowest BCUT2D eigenvalue weighted by Crippen LogP contribution is -2.27. The molecule has 2 atom stereocenters.